The van der Waals surface area contributed by atoms with Crippen LogP contribution in [0.15, 0.2) is 54.6 Å². The number of hydrogen-bond acceptors (Lipinski definition) is 3. The van der Waals surface area contributed by atoms with E-state index in [1.807, 2.05) is 0 Å². The van der Waals surface area contributed by atoms with Crippen LogP contribution in [0.3, 0.4) is 0 Å². The summed E-state index contributed by atoms with van der Waals surface area (Å²) in [6, 6.07) is -3.91. The van der Waals surface area contributed by atoms with Crippen molar-refractivity contribution in [3.8, 4) is 0 Å². The van der Waals surface area contributed by atoms with Crippen LogP contribution in [-0.2, 0) is 47.3 Å². The summed E-state index contributed by atoms with van der Waals surface area (Å²) in [5, 5.41) is 23.7. The molecule has 3 rings (SSSR count). The molecule has 3 aromatic carbocycles. The Morgan fingerprint density at radius 3 is 1.02 bits per heavy atom. The van der Waals surface area contributed by atoms with Crippen LogP contribution in [0.2, 0.25) is 0 Å². The Hall–Kier alpha value is -2.46. The molecular weight excluding hydrogens is 739 g/mol. The van der Waals surface area contributed by atoms with Gasteiger partial charge in [-0.3, -0.25) is 0 Å². The summed E-state index contributed by atoms with van der Waals surface area (Å²) in [4.78, 5) is 0. The molecule has 0 saturated heterocycles. The van der Waals surface area contributed by atoms with E-state index >= 15 is 0 Å². The largest absolute Gasteiger partial charge is 1.00 e. The van der Waals surface area contributed by atoms with E-state index < -0.39 is 124 Å². The summed E-state index contributed by atoms with van der Waals surface area (Å²) in [6.07, 6.45) is -34.8. The van der Waals surface area contributed by atoms with Gasteiger partial charge in [0.2, 0.25) is 0 Å². The van der Waals surface area contributed by atoms with Crippen LogP contribution in [0.5, 0.6) is 0 Å². The zero-order valence-corrected chi connectivity index (χ0v) is 25.4. The summed E-state index contributed by atoms with van der Waals surface area (Å²) in [5.74, 6) is -3.34. The normalized spacial score (nSPS) is 14.5. The van der Waals surface area contributed by atoms with E-state index in [-0.39, 0.29) is 81.0 Å². The van der Waals surface area contributed by atoms with Crippen molar-refractivity contribution in [2.45, 2.75) is 55.5 Å². The number of alkyl halides is 18. The first-order valence-electron chi connectivity index (χ1n) is 12.6. The van der Waals surface area contributed by atoms with Gasteiger partial charge in [-0.05, 0) is 78.2 Å². The van der Waals surface area contributed by atoms with E-state index in [1.54, 1.807) is 0 Å². The molecule has 0 bridgehead atoms. The molecule has 3 nitrogen and oxygen atoms in total. The Labute approximate surface area is 298 Å². The molecule has 0 aliphatic rings. The van der Waals surface area contributed by atoms with Crippen LogP contribution in [-0.4, -0.2) is 7.32 Å². The van der Waals surface area contributed by atoms with Crippen molar-refractivity contribution in [1.29, 1.82) is 0 Å². The minimum Gasteiger partial charge on any atom is -0.871 e. The van der Waals surface area contributed by atoms with Crippen LogP contribution in [0.25, 0.3) is 0 Å². The van der Waals surface area contributed by atoms with Crippen molar-refractivity contribution in [2.24, 2.45) is 0 Å². The zero-order valence-electron chi connectivity index (χ0n) is 25.4. The monoisotopic (exact) mass is 752 g/mol. The third kappa shape index (κ3) is 10.8. The Morgan fingerprint density at radius 1 is 0.451 bits per heavy atom. The third-order valence-electron chi connectivity index (χ3n) is 6.97. The maximum atomic E-state index is 14.2. The molecule has 0 saturated carbocycles. The van der Waals surface area contributed by atoms with Crippen LogP contribution in [0, 0.1) is 0 Å². The fraction of sp³-hybridized carbons (Fsp3) is 0.333. The van der Waals surface area contributed by atoms with Gasteiger partial charge in [-0.25, -0.2) is 0 Å². The molecule has 3 aromatic rings. The summed E-state index contributed by atoms with van der Waals surface area (Å²) in [6.45, 7) is 0.00619. The summed E-state index contributed by atoms with van der Waals surface area (Å²) < 4.78 is 254. The van der Waals surface area contributed by atoms with Gasteiger partial charge in [0.1, 0.15) is 0 Å². The maximum Gasteiger partial charge on any atom is 1.00 e. The smallest absolute Gasteiger partial charge is 0.871 e. The zero-order chi connectivity index (χ0) is 37.9. The molecule has 1 atom stereocenters. The van der Waals surface area contributed by atoms with Gasteiger partial charge < -0.3 is 14.7 Å². The molecule has 0 fully saturated rings. The third-order valence-corrected chi connectivity index (χ3v) is 6.97. The van der Waals surface area contributed by atoms with Gasteiger partial charge in [0, 0.05) is 5.92 Å². The molecule has 0 N–H and O–H groups in total. The summed E-state index contributed by atoms with van der Waals surface area (Å²) in [5.41, 5.74) is -23.4. The van der Waals surface area contributed by atoms with Crippen molar-refractivity contribution in [2.75, 3.05) is 0 Å². The van der Waals surface area contributed by atoms with Crippen molar-refractivity contribution < 1.29 is 131 Å². The molecule has 0 amide bonds. The number of rotatable bonds is 6. The second kappa shape index (κ2) is 15.1. The minimum absolute atomic E-state index is 0. The molecule has 270 valence electrons. The van der Waals surface area contributed by atoms with Gasteiger partial charge >= 0.3 is 74.8 Å². The van der Waals surface area contributed by atoms with Crippen LogP contribution < -0.4 is 47.8 Å². The van der Waals surface area contributed by atoms with E-state index in [4.69, 9.17) is 0 Å². The first-order valence-corrected chi connectivity index (χ1v) is 12.6. The van der Waals surface area contributed by atoms with Gasteiger partial charge in [-0.15, -0.1) is 0 Å². The molecule has 0 heterocycles. The van der Waals surface area contributed by atoms with Crippen molar-refractivity contribution in [1.82, 2.24) is 0 Å². The van der Waals surface area contributed by atoms with Gasteiger partial charge in [-0.2, -0.15) is 79.0 Å². The van der Waals surface area contributed by atoms with Crippen LogP contribution >= 0.6 is 0 Å². The Morgan fingerprint density at radius 2 is 0.765 bits per heavy atom. The first-order chi connectivity index (χ1) is 21.8. The second-order valence-corrected chi connectivity index (χ2v) is 10.4. The van der Waals surface area contributed by atoms with E-state index in [0.29, 0.717) is 0 Å². The SMILES string of the molecule is CC(OB([O-])[O-])(c1cc(C(F)(F)F)ccc1C(F)(F)F)C(c1cc(C(F)(F)F)cc(C(F)(F)F)c1)c1cc(C(F)(F)F)cc(C(F)(F)F)c1.[Li+].[Li+]. The molecule has 51 heavy (non-hydrogen) atoms. The molecule has 1 unspecified atom stereocenters. The molecule has 0 radical (unpaired) electrons. The molecule has 24 heteroatoms. The van der Waals surface area contributed by atoms with Crippen LogP contribution in [0.1, 0.15) is 62.9 Å². The quantitative estimate of drug-likeness (QED) is 0.288. The van der Waals surface area contributed by atoms with Crippen molar-refractivity contribution in [3.63, 3.8) is 0 Å². The Bertz CT molecular complexity index is 1540. The molecule has 0 spiro atoms. The maximum absolute atomic E-state index is 14.2. The summed E-state index contributed by atoms with van der Waals surface area (Å²) in [7, 11) is -4.02. The standard InChI is InChI=1S/C27H13BF18O3.2Li/c1-21(49-28(47)48,19-10-13(22(29,30)31)2-3-18(19)27(44,45)46)20(11-4-14(23(32,33)34)8-15(5-11)24(35,36)37)12-6-16(25(38,39)40)9-17(7-12)26(41,42)43;;/h2-10,20H,1H3;;/q-2;2*+1. The molecular formula is C27H13BF18Li2O3. The number of halogens is 18. The number of hydrogen-bond donors (Lipinski definition) is 0. The van der Waals surface area contributed by atoms with Crippen molar-refractivity contribution in [3.05, 3.63) is 105 Å². The van der Waals surface area contributed by atoms with E-state index in [1.165, 1.54) is 0 Å². The second-order valence-electron chi connectivity index (χ2n) is 10.4. The van der Waals surface area contributed by atoms with Crippen molar-refractivity contribution >= 4 is 7.32 Å². The topological polar surface area (TPSA) is 55.3 Å². The van der Waals surface area contributed by atoms with Crippen LogP contribution in [0.4, 0.5) is 79.0 Å². The van der Waals surface area contributed by atoms with E-state index in [9.17, 15) is 89.1 Å². The minimum atomic E-state index is -5.87. The van der Waals surface area contributed by atoms with Gasteiger partial charge in [-0.1, -0.05) is 0 Å². The van der Waals surface area contributed by atoms with Gasteiger partial charge in [0.15, 0.2) is 0 Å². The van der Waals surface area contributed by atoms with Gasteiger partial charge in [0.25, 0.3) is 0 Å². The number of benzene rings is 3. The fourth-order valence-corrected chi connectivity index (χ4v) is 4.99. The van der Waals surface area contributed by atoms with Gasteiger partial charge in [0.05, 0.1) is 46.3 Å². The predicted molar refractivity (Wildman–Crippen MR) is 125 cm³/mol. The molecule has 0 aromatic heterocycles. The summed E-state index contributed by atoms with van der Waals surface area (Å²) >= 11 is 0. The molecule has 0 aliphatic carbocycles. The first kappa shape index (κ1) is 46.6. The fourth-order valence-electron chi connectivity index (χ4n) is 4.99. The average Bonchev–Trinajstić information content (AvgIpc) is 2.89. The van der Waals surface area contributed by atoms with E-state index in [0.717, 1.165) is 0 Å². The van der Waals surface area contributed by atoms with E-state index in [2.05, 4.69) is 4.65 Å². The predicted octanol–water partition coefficient (Wildman–Crippen LogP) is 2.58. The Kier molecular flexibility index (Phi) is 13.8. The average molecular weight is 752 g/mol. The molecule has 0 aliphatic heterocycles. The Balaban J connectivity index is 0.00000650.